The molecule has 0 heterocycles. The van der Waals surface area contributed by atoms with E-state index in [1.54, 1.807) is 0 Å². The zero-order valence-corrected chi connectivity index (χ0v) is 24.5. The van der Waals surface area contributed by atoms with E-state index >= 15 is 0 Å². The lowest BCUT2D eigenvalue weighted by Crippen LogP contribution is -2.70. The smallest absolute Gasteiger partial charge is 0.201 e. The van der Waals surface area contributed by atoms with Crippen molar-refractivity contribution in [3.8, 4) is 0 Å². The molecule has 1 aliphatic rings. The van der Waals surface area contributed by atoms with Crippen LogP contribution in [0.5, 0.6) is 0 Å². The summed E-state index contributed by atoms with van der Waals surface area (Å²) in [4.78, 5) is 0. The second kappa shape index (κ2) is 11.3. The molecule has 0 aromatic carbocycles. The normalized spacial score (nSPS) is 30.6. The molecule has 32 heavy (non-hydrogen) atoms. The van der Waals surface area contributed by atoms with Gasteiger partial charge < -0.3 is 29.3 Å². The van der Waals surface area contributed by atoms with Gasteiger partial charge in [0, 0.05) is 0 Å². The Balaban J connectivity index is 3.63. The minimum Gasteiger partial charge on any atom is -0.408 e. The first-order valence-electron chi connectivity index (χ1n) is 12.6. The standard InChI is InChI=1S/C24H52O6Si2/c1-13(2)31(14(3)4,15(5)6)29-23-21(27)19(25)20(26)22(28)24(23)30-32(16(7)8,17(9)10)18(11)12/h13-28H,1-12H3/t19-,20+,21-,22-,23+,24+/m1/s1. The zero-order chi connectivity index (χ0) is 25.3. The van der Waals surface area contributed by atoms with Crippen molar-refractivity contribution >= 4 is 16.6 Å². The van der Waals surface area contributed by atoms with E-state index in [0.29, 0.717) is 0 Å². The summed E-state index contributed by atoms with van der Waals surface area (Å²) in [6, 6.07) is 0. The molecular formula is C24H52O6Si2. The lowest BCUT2D eigenvalue weighted by molar-refractivity contribution is -0.216. The van der Waals surface area contributed by atoms with Gasteiger partial charge in [-0.25, -0.2) is 0 Å². The molecule has 0 aliphatic heterocycles. The maximum absolute atomic E-state index is 11.1. The van der Waals surface area contributed by atoms with Crippen LogP contribution in [-0.4, -0.2) is 73.7 Å². The van der Waals surface area contributed by atoms with Gasteiger partial charge in [-0.1, -0.05) is 83.1 Å². The van der Waals surface area contributed by atoms with Crippen LogP contribution in [-0.2, 0) is 8.85 Å². The molecule has 1 fully saturated rings. The van der Waals surface area contributed by atoms with Crippen LogP contribution in [0.15, 0.2) is 0 Å². The number of rotatable bonds is 10. The Bertz CT molecular complexity index is 487. The van der Waals surface area contributed by atoms with E-state index in [1.165, 1.54) is 0 Å². The molecule has 192 valence electrons. The molecular weight excluding hydrogens is 440 g/mol. The average Bonchev–Trinajstić information content (AvgIpc) is 2.65. The number of aliphatic hydroxyl groups excluding tert-OH is 4. The van der Waals surface area contributed by atoms with Crippen LogP contribution in [0, 0.1) is 0 Å². The lowest BCUT2D eigenvalue weighted by atomic mass is 9.85. The molecule has 1 saturated carbocycles. The summed E-state index contributed by atoms with van der Waals surface area (Å²) >= 11 is 0. The predicted octanol–water partition coefficient (Wildman–Crippen LogP) is 4.57. The van der Waals surface area contributed by atoms with Crippen LogP contribution in [0.3, 0.4) is 0 Å². The van der Waals surface area contributed by atoms with Crippen LogP contribution in [0.1, 0.15) is 83.1 Å². The highest BCUT2D eigenvalue weighted by atomic mass is 28.4. The van der Waals surface area contributed by atoms with Gasteiger partial charge in [-0.2, -0.15) is 0 Å². The summed E-state index contributed by atoms with van der Waals surface area (Å²) in [6.45, 7) is 25.9. The first-order valence-corrected chi connectivity index (χ1v) is 16.9. The van der Waals surface area contributed by atoms with Crippen molar-refractivity contribution in [1.82, 2.24) is 0 Å². The third-order valence-corrected chi connectivity index (χ3v) is 20.3. The van der Waals surface area contributed by atoms with Gasteiger partial charge in [0.2, 0.25) is 16.6 Å². The van der Waals surface area contributed by atoms with Gasteiger partial charge in [0.05, 0.1) is 0 Å². The summed E-state index contributed by atoms with van der Waals surface area (Å²) in [6.07, 6.45) is -7.43. The van der Waals surface area contributed by atoms with Crippen molar-refractivity contribution < 1.29 is 29.3 Å². The van der Waals surface area contributed by atoms with Crippen LogP contribution in [0.4, 0.5) is 0 Å². The van der Waals surface area contributed by atoms with Gasteiger partial charge in [-0.3, -0.25) is 0 Å². The highest BCUT2D eigenvalue weighted by Crippen LogP contribution is 2.48. The summed E-state index contributed by atoms with van der Waals surface area (Å²) in [5.74, 6) is 0. The molecule has 0 aromatic heterocycles. The summed E-state index contributed by atoms with van der Waals surface area (Å²) < 4.78 is 13.8. The van der Waals surface area contributed by atoms with Crippen LogP contribution in [0.25, 0.3) is 0 Å². The van der Waals surface area contributed by atoms with Crippen molar-refractivity contribution in [3.05, 3.63) is 0 Å². The monoisotopic (exact) mass is 492 g/mol. The van der Waals surface area contributed by atoms with E-state index in [9.17, 15) is 20.4 Å². The molecule has 0 unspecified atom stereocenters. The van der Waals surface area contributed by atoms with Gasteiger partial charge in [-0.05, 0) is 33.2 Å². The first kappa shape index (κ1) is 30.2. The second-order valence-electron chi connectivity index (χ2n) is 11.8. The topological polar surface area (TPSA) is 99.4 Å². The highest BCUT2D eigenvalue weighted by Gasteiger charge is 2.58. The van der Waals surface area contributed by atoms with Gasteiger partial charge in [-0.15, -0.1) is 0 Å². The van der Waals surface area contributed by atoms with Gasteiger partial charge in [0.25, 0.3) is 0 Å². The quantitative estimate of drug-likeness (QED) is 0.334. The molecule has 0 spiro atoms. The molecule has 0 amide bonds. The van der Waals surface area contributed by atoms with Crippen LogP contribution < -0.4 is 0 Å². The third kappa shape index (κ3) is 5.22. The van der Waals surface area contributed by atoms with Crippen molar-refractivity contribution in [2.75, 3.05) is 0 Å². The molecule has 8 heteroatoms. The Morgan fingerprint density at radius 1 is 0.406 bits per heavy atom. The second-order valence-corrected chi connectivity index (χ2v) is 22.6. The van der Waals surface area contributed by atoms with E-state index in [-0.39, 0.29) is 33.2 Å². The fourth-order valence-corrected chi connectivity index (χ4v) is 17.9. The molecule has 0 saturated heterocycles. The molecule has 0 radical (unpaired) electrons. The van der Waals surface area contributed by atoms with E-state index in [0.717, 1.165) is 0 Å². The maximum Gasteiger partial charge on any atom is 0.201 e. The maximum atomic E-state index is 11.1. The number of hydrogen-bond donors (Lipinski definition) is 4. The lowest BCUT2D eigenvalue weighted by Gasteiger charge is -2.54. The Kier molecular flexibility index (Phi) is 10.7. The number of aliphatic hydroxyl groups is 4. The molecule has 0 aromatic rings. The first-order chi connectivity index (χ1) is 14.5. The number of hydrogen-bond acceptors (Lipinski definition) is 6. The third-order valence-electron chi connectivity index (χ3n) is 8.14. The fraction of sp³-hybridized carbons (Fsp3) is 1.00. The molecule has 6 atom stereocenters. The molecule has 1 rings (SSSR count). The Hall–Kier alpha value is 0.194. The predicted molar refractivity (Wildman–Crippen MR) is 136 cm³/mol. The molecule has 1 aliphatic carbocycles. The van der Waals surface area contributed by atoms with Crippen molar-refractivity contribution in [3.63, 3.8) is 0 Å². The van der Waals surface area contributed by atoms with Crippen molar-refractivity contribution in [2.45, 2.75) is 153 Å². The fourth-order valence-electron chi connectivity index (χ4n) is 6.74. The Morgan fingerprint density at radius 2 is 0.594 bits per heavy atom. The van der Waals surface area contributed by atoms with E-state index in [1.807, 2.05) is 0 Å². The molecule has 0 bridgehead atoms. The Labute approximate surface area is 199 Å². The SMILES string of the molecule is CC(C)[Si](O[C@H]1[C@H](O)[C@H](O)[C@H](O)[C@@H](O)[C@@H]1O[Si](C(C)C)(C(C)C)C(C)C)(C(C)C)C(C)C. The Morgan fingerprint density at radius 3 is 0.750 bits per heavy atom. The van der Waals surface area contributed by atoms with Gasteiger partial charge >= 0.3 is 0 Å². The summed E-state index contributed by atoms with van der Waals surface area (Å²) in [5, 5.41) is 43.4. The molecule has 4 N–H and O–H groups in total. The van der Waals surface area contributed by atoms with Gasteiger partial charge in [0.15, 0.2) is 0 Å². The van der Waals surface area contributed by atoms with Crippen LogP contribution in [0.2, 0.25) is 33.2 Å². The van der Waals surface area contributed by atoms with Crippen molar-refractivity contribution in [2.24, 2.45) is 0 Å². The van der Waals surface area contributed by atoms with E-state index < -0.39 is 53.3 Å². The van der Waals surface area contributed by atoms with Gasteiger partial charge in [0.1, 0.15) is 36.6 Å². The molecule has 6 nitrogen and oxygen atoms in total. The summed E-state index contributed by atoms with van der Waals surface area (Å²) in [5.41, 5.74) is 1.58. The largest absolute Gasteiger partial charge is 0.408 e. The van der Waals surface area contributed by atoms with Crippen molar-refractivity contribution in [1.29, 1.82) is 0 Å². The minimum atomic E-state index is -2.47. The minimum absolute atomic E-state index is 0.263. The summed E-state index contributed by atoms with van der Waals surface area (Å²) in [7, 11) is -4.93. The van der Waals surface area contributed by atoms with E-state index in [2.05, 4.69) is 83.1 Å². The average molecular weight is 493 g/mol. The highest BCUT2D eigenvalue weighted by molar-refractivity contribution is 6.78. The zero-order valence-electron chi connectivity index (χ0n) is 22.5. The van der Waals surface area contributed by atoms with E-state index in [4.69, 9.17) is 8.85 Å². The van der Waals surface area contributed by atoms with Crippen LogP contribution >= 0.6 is 0 Å².